The largest absolute Gasteiger partial charge is 0.493 e. The number of methoxy groups -OCH3 is 1. The highest BCUT2D eigenvalue weighted by molar-refractivity contribution is 5.85. The third-order valence-corrected chi connectivity index (χ3v) is 3.63. The number of aromatic nitrogens is 2. The normalized spacial score (nSPS) is 10.3. The van der Waals surface area contributed by atoms with E-state index in [1.807, 2.05) is 43.3 Å². The summed E-state index contributed by atoms with van der Waals surface area (Å²) in [5.41, 5.74) is 1.96. The van der Waals surface area contributed by atoms with E-state index in [9.17, 15) is 0 Å². The first kappa shape index (κ1) is 18.9. The number of aryl methyl sites for hydroxylation is 1. The van der Waals surface area contributed by atoms with Crippen molar-refractivity contribution in [2.75, 3.05) is 20.3 Å². The van der Waals surface area contributed by atoms with E-state index in [0.717, 1.165) is 34.3 Å². The van der Waals surface area contributed by atoms with Gasteiger partial charge in [0.15, 0.2) is 17.3 Å². The molecule has 0 bridgehead atoms. The smallest absolute Gasteiger partial charge is 0.161 e. The van der Waals surface area contributed by atoms with Crippen molar-refractivity contribution in [2.24, 2.45) is 0 Å². The lowest BCUT2D eigenvalue weighted by Gasteiger charge is -2.10. The number of aromatic amines is 1. The zero-order valence-corrected chi connectivity index (χ0v) is 15.1. The van der Waals surface area contributed by atoms with Crippen molar-refractivity contribution in [3.63, 3.8) is 0 Å². The maximum Gasteiger partial charge on any atom is 0.161 e. The Morgan fingerprint density at radius 1 is 1.16 bits per heavy atom. The van der Waals surface area contributed by atoms with Crippen LogP contribution in [0, 0.1) is 6.92 Å². The van der Waals surface area contributed by atoms with Crippen LogP contribution in [0.1, 0.15) is 11.3 Å². The number of furan rings is 1. The molecule has 0 saturated carbocycles. The first-order valence-corrected chi connectivity index (χ1v) is 7.83. The van der Waals surface area contributed by atoms with Gasteiger partial charge in [0.05, 0.1) is 13.3 Å². The van der Waals surface area contributed by atoms with Gasteiger partial charge in [-0.1, -0.05) is 12.1 Å². The number of halogens is 1. The Hall–Kier alpha value is -2.44. The molecular formula is C18H22ClN3O3. The summed E-state index contributed by atoms with van der Waals surface area (Å²) in [4.78, 5) is 0. The number of hydrogen-bond donors (Lipinski definition) is 2. The first-order chi connectivity index (χ1) is 11.8. The molecule has 3 rings (SSSR count). The van der Waals surface area contributed by atoms with Crippen LogP contribution in [0.4, 0.5) is 0 Å². The minimum absolute atomic E-state index is 0. The van der Waals surface area contributed by atoms with Gasteiger partial charge in [0, 0.05) is 18.7 Å². The molecular weight excluding hydrogens is 342 g/mol. The molecule has 0 aliphatic carbocycles. The zero-order chi connectivity index (χ0) is 16.8. The highest BCUT2D eigenvalue weighted by atomic mass is 35.5. The average Bonchev–Trinajstić information content (AvgIpc) is 3.23. The first-order valence-electron chi connectivity index (χ1n) is 7.83. The number of nitrogens with zero attached hydrogens (tertiary/aromatic N) is 1. The fraction of sp³-hybridized carbons (Fsp3) is 0.278. The Labute approximate surface area is 152 Å². The Balaban J connectivity index is 0.00000225. The molecule has 0 amide bonds. The molecule has 0 spiro atoms. The predicted octanol–water partition coefficient (Wildman–Crippen LogP) is 3.58. The molecule has 25 heavy (non-hydrogen) atoms. The summed E-state index contributed by atoms with van der Waals surface area (Å²) in [7, 11) is 1.64. The minimum Gasteiger partial charge on any atom is -0.493 e. The lowest BCUT2D eigenvalue weighted by molar-refractivity contribution is 0.292. The summed E-state index contributed by atoms with van der Waals surface area (Å²) in [6, 6.07) is 11.5. The molecule has 0 fully saturated rings. The molecule has 2 heterocycles. The molecule has 0 unspecified atom stereocenters. The second kappa shape index (κ2) is 9.15. The summed E-state index contributed by atoms with van der Waals surface area (Å²) in [6.07, 6.45) is 1.81. The molecule has 2 aromatic heterocycles. The number of nitrogens with one attached hydrogen (secondary N) is 2. The third-order valence-electron chi connectivity index (χ3n) is 3.63. The second-order valence-corrected chi connectivity index (χ2v) is 5.36. The van der Waals surface area contributed by atoms with E-state index in [1.54, 1.807) is 13.3 Å². The third kappa shape index (κ3) is 4.78. The molecule has 3 aromatic rings. The van der Waals surface area contributed by atoms with Crippen LogP contribution in [0.25, 0.3) is 11.5 Å². The van der Waals surface area contributed by atoms with Crippen molar-refractivity contribution < 1.29 is 13.9 Å². The lowest BCUT2D eigenvalue weighted by Crippen LogP contribution is -2.20. The SMILES string of the molecule is COc1ccccc1OCCNCc1cn[nH]c1-c1ccc(C)o1.Cl. The quantitative estimate of drug-likeness (QED) is 0.598. The standard InChI is InChI=1S/C18H21N3O3.ClH/c1-13-7-8-17(24-13)18-14(12-20-21-18)11-19-9-10-23-16-6-4-3-5-15(16)22-2;/h3-8,12,19H,9-11H2,1-2H3,(H,20,21);1H. The van der Waals surface area contributed by atoms with Crippen LogP contribution < -0.4 is 14.8 Å². The summed E-state index contributed by atoms with van der Waals surface area (Å²) >= 11 is 0. The summed E-state index contributed by atoms with van der Waals surface area (Å²) in [5, 5.41) is 10.4. The van der Waals surface area contributed by atoms with E-state index in [0.29, 0.717) is 19.7 Å². The van der Waals surface area contributed by atoms with Crippen LogP contribution in [0.2, 0.25) is 0 Å². The van der Waals surface area contributed by atoms with Crippen molar-refractivity contribution >= 4 is 12.4 Å². The topological polar surface area (TPSA) is 72.3 Å². The van der Waals surface area contributed by atoms with E-state index in [2.05, 4.69) is 15.5 Å². The number of benzene rings is 1. The van der Waals surface area contributed by atoms with Gasteiger partial charge in [-0.3, -0.25) is 5.10 Å². The van der Waals surface area contributed by atoms with Crippen LogP contribution in [0.5, 0.6) is 11.5 Å². The van der Waals surface area contributed by atoms with Gasteiger partial charge in [-0.25, -0.2) is 0 Å². The number of para-hydroxylation sites is 2. The van der Waals surface area contributed by atoms with Gasteiger partial charge < -0.3 is 19.2 Å². The number of hydrogen-bond acceptors (Lipinski definition) is 5. The molecule has 0 atom stereocenters. The van der Waals surface area contributed by atoms with E-state index in [1.165, 1.54) is 0 Å². The van der Waals surface area contributed by atoms with Crippen molar-refractivity contribution in [1.29, 1.82) is 0 Å². The fourth-order valence-corrected chi connectivity index (χ4v) is 2.42. The van der Waals surface area contributed by atoms with Crippen molar-refractivity contribution in [2.45, 2.75) is 13.5 Å². The Morgan fingerprint density at radius 3 is 2.68 bits per heavy atom. The number of H-pyrrole nitrogens is 1. The van der Waals surface area contributed by atoms with Crippen molar-refractivity contribution in [1.82, 2.24) is 15.5 Å². The monoisotopic (exact) mass is 363 g/mol. The Bertz CT molecular complexity index is 785. The van der Waals surface area contributed by atoms with E-state index in [-0.39, 0.29) is 12.4 Å². The average molecular weight is 364 g/mol. The van der Waals surface area contributed by atoms with Gasteiger partial charge in [-0.2, -0.15) is 5.10 Å². The number of rotatable bonds is 8. The van der Waals surface area contributed by atoms with Crippen LogP contribution in [-0.4, -0.2) is 30.5 Å². The van der Waals surface area contributed by atoms with Crippen molar-refractivity contribution in [3.05, 3.63) is 53.9 Å². The molecule has 0 aliphatic rings. The molecule has 134 valence electrons. The molecule has 7 heteroatoms. The van der Waals surface area contributed by atoms with Crippen molar-refractivity contribution in [3.8, 4) is 23.0 Å². The highest BCUT2D eigenvalue weighted by Gasteiger charge is 2.10. The molecule has 2 N–H and O–H groups in total. The van der Waals surface area contributed by atoms with Crippen LogP contribution in [0.3, 0.4) is 0 Å². The highest BCUT2D eigenvalue weighted by Crippen LogP contribution is 2.25. The van der Waals surface area contributed by atoms with Gasteiger partial charge in [0.2, 0.25) is 0 Å². The van der Waals surface area contributed by atoms with Crippen LogP contribution >= 0.6 is 12.4 Å². The van der Waals surface area contributed by atoms with Crippen LogP contribution in [0.15, 0.2) is 47.0 Å². The van der Waals surface area contributed by atoms with Gasteiger partial charge >= 0.3 is 0 Å². The Morgan fingerprint density at radius 2 is 1.96 bits per heavy atom. The summed E-state index contributed by atoms with van der Waals surface area (Å²) in [5.74, 6) is 3.16. The summed E-state index contributed by atoms with van der Waals surface area (Å²) < 4.78 is 16.6. The molecule has 0 radical (unpaired) electrons. The maximum absolute atomic E-state index is 5.74. The van der Waals surface area contributed by atoms with Gasteiger partial charge in [-0.05, 0) is 31.2 Å². The molecule has 6 nitrogen and oxygen atoms in total. The van der Waals surface area contributed by atoms with E-state index >= 15 is 0 Å². The summed E-state index contributed by atoms with van der Waals surface area (Å²) in [6.45, 7) is 3.86. The maximum atomic E-state index is 5.74. The lowest BCUT2D eigenvalue weighted by atomic mass is 10.2. The molecule has 0 aliphatic heterocycles. The van der Waals surface area contributed by atoms with Crippen LogP contribution in [-0.2, 0) is 6.54 Å². The zero-order valence-electron chi connectivity index (χ0n) is 14.2. The van der Waals surface area contributed by atoms with E-state index in [4.69, 9.17) is 13.9 Å². The predicted molar refractivity (Wildman–Crippen MR) is 98.5 cm³/mol. The minimum atomic E-state index is 0. The molecule has 1 aromatic carbocycles. The second-order valence-electron chi connectivity index (χ2n) is 5.36. The van der Waals surface area contributed by atoms with E-state index < -0.39 is 0 Å². The fourth-order valence-electron chi connectivity index (χ4n) is 2.42. The van der Waals surface area contributed by atoms with Gasteiger partial charge in [0.1, 0.15) is 18.1 Å². The number of ether oxygens (including phenoxy) is 2. The Kier molecular flexibility index (Phi) is 6.91. The van der Waals surface area contributed by atoms with Gasteiger partial charge in [-0.15, -0.1) is 12.4 Å². The van der Waals surface area contributed by atoms with Gasteiger partial charge in [0.25, 0.3) is 0 Å². The molecule has 0 saturated heterocycles.